The number of carbonyl (C=O) groups excluding carboxylic acids is 1. The summed E-state index contributed by atoms with van der Waals surface area (Å²) in [5.74, 6) is 1.12. The van der Waals surface area contributed by atoms with Gasteiger partial charge in [0.25, 0.3) is 0 Å². The molecule has 1 atom stereocenters. The number of nitrogens with zero attached hydrogens (tertiary/aromatic N) is 1. The molecule has 0 aromatic heterocycles. The van der Waals surface area contributed by atoms with Gasteiger partial charge in [-0.15, -0.1) is 0 Å². The molecule has 0 radical (unpaired) electrons. The SMILES string of the molecule is CC(=O)C(C)(CC1CCCC1)N=C(C)N.CC/C=C\N.CCc1ccc(CNCc2ccc(O)c(O)c2)cc1. The van der Waals surface area contributed by atoms with Gasteiger partial charge in [0, 0.05) is 13.1 Å². The molecule has 1 fully saturated rings. The second kappa shape index (κ2) is 18.1. The van der Waals surface area contributed by atoms with Crippen LogP contribution in [-0.4, -0.2) is 27.4 Å². The summed E-state index contributed by atoms with van der Waals surface area (Å²) >= 11 is 0. The quantitative estimate of drug-likeness (QED) is 0.141. The van der Waals surface area contributed by atoms with E-state index in [1.165, 1.54) is 42.9 Å². The molecule has 1 unspecified atom stereocenters. The van der Waals surface area contributed by atoms with Crippen molar-refractivity contribution >= 4 is 11.6 Å². The normalized spacial score (nSPS) is 15.2. The topological polar surface area (TPSA) is 134 Å². The molecular weight excluding hydrogens is 488 g/mol. The maximum absolute atomic E-state index is 11.6. The van der Waals surface area contributed by atoms with Gasteiger partial charge in [0.2, 0.25) is 0 Å². The highest BCUT2D eigenvalue weighted by molar-refractivity contribution is 5.89. The summed E-state index contributed by atoms with van der Waals surface area (Å²) in [6, 6.07) is 13.4. The lowest BCUT2D eigenvalue weighted by Gasteiger charge is -2.25. The second-order valence-electron chi connectivity index (χ2n) is 10.4. The van der Waals surface area contributed by atoms with E-state index in [1.807, 2.05) is 19.9 Å². The summed E-state index contributed by atoms with van der Waals surface area (Å²) in [5.41, 5.74) is 13.5. The van der Waals surface area contributed by atoms with Crippen molar-refractivity contribution in [3.8, 4) is 11.5 Å². The van der Waals surface area contributed by atoms with E-state index >= 15 is 0 Å². The first-order valence-electron chi connectivity index (χ1n) is 14.0. The summed E-state index contributed by atoms with van der Waals surface area (Å²) in [4.78, 5) is 15.9. The lowest BCUT2D eigenvalue weighted by Crippen LogP contribution is -2.35. The van der Waals surface area contributed by atoms with Crippen molar-refractivity contribution in [3.05, 3.63) is 71.4 Å². The minimum atomic E-state index is -0.589. The highest BCUT2D eigenvalue weighted by Gasteiger charge is 2.33. The van der Waals surface area contributed by atoms with E-state index in [0.717, 1.165) is 31.4 Å². The molecule has 216 valence electrons. The Morgan fingerprint density at radius 3 is 2.03 bits per heavy atom. The van der Waals surface area contributed by atoms with Crippen molar-refractivity contribution in [3.63, 3.8) is 0 Å². The Bertz CT molecular complexity index is 1040. The highest BCUT2D eigenvalue weighted by Crippen LogP contribution is 2.34. The number of nitrogens with one attached hydrogen (secondary N) is 1. The van der Waals surface area contributed by atoms with Gasteiger partial charge in [-0.05, 0) is 81.0 Å². The van der Waals surface area contributed by atoms with Crippen molar-refractivity contribution in [1.29, 1.82) is 0 Å². The number of benzene rings is 2. The van der Waals surface area contributed by atoms with Gasteiger partial charge in [0.15, 0.2) is 17.3 Å². The molecule has 39 heavy (non-hydrogen) atoms. The summed E-state index contributed by atoms with van der Waals surface area (Å²) in [6.07, 6.45) is 11.5. The number of phenolic OH excluding ortho intramolecular Hbond substituents is 2. The average molecular weight is 539 g/mol. The number of allylic oxidation sites excluding steroid dienone is 1. The molecule has 1 aliphatic rings. The Morgan fingerprint density at radius 1 is 1.00 bits per heavy atom. The first-order valence-corrected chi connectivity index (χ1v) is 14.0. The van der Waals surface area contributed by atoms with Crippen LogP contribution < -0.4 is 16.8 Å². The number of phenols is 2. The Morgan fingerprint density at radius 2 is 1.56 bits per heavy atom. The van der Waals surface area contributed by atoms with Crippen molar-refractivity contribution < 1.29 is 15.0 Å². The van der Waals surface area contributed by atoms with Gasteiger partial charge in [0.05, 0.1) is 5.84 Å². The number of amidine groups is 1. The average Bonchev–Trinajstić information content (AvgIpc) is 3.40. The van der Waals surface area contributed by atoms with Crippen LogP contribution >= 0.6 is 0 Å². The molecule has 0 aliphatic heterocycles. The van der Waals surface area contributed by atoms with E-state index in [9.17, 15) is 15.0 Å². The molecule has 0 bridgehead atoms. The molecule has 7 heteroatoms. The molecule has 1 aliphatic carbocycles. The zero-order chi connectivity index (χ0) is 29.3. The number of aliphatic imine (C=N–C) groups is 1. The van der Waals surface area contributed by atoms with Crippen LogP contribution in [0.3, 0.4) is 0 Å². The van der Waals surface area contributed by atoms with Crippen LogP contribution in [0.1, 0.15) is 89.8 Å². The molecule has 0 heterocycles. The number of rotatable bonds is 10. The van der Waals surface area contributed by atoms with Gasteiger partial charge in [-0.3, -0.25) is 9.79 Å². The third-order valence-corrected chi connectivity index (χ3v) is 6.84. The van der Waals surface area contributed by atoms with Crippen LogP contribution in [0.4, 0.5) is 0 Å². The first-order chi connectivity index (χ1) is 18.5. The molecule has 7 N–H and O–H groups in total. The fraction of sp³-hybridized carbons (Fsp3) is 0.500. The van der Waals surface area contributed by atoms with Crippen molar-refractivity contribution in [1.82, 2.24) is 5.32 Å². The monoisotopic (exact) mass is 538 g/mol. The van der Waals surface area contributed by atoms with Crippen molar-refractivity contribution in [2.75, 3.05) is 0 Å². The standard InChI is InChI=1S/C16H19NO2.C12H22N2O.C4H9N/c1-2-12-3-5-13(6-4-12)10-17-11-14-7-8-15(18)16(19)9-14;1-9(15)12(3,14-10(2)13)8-11-6-4-5-7-11;1-2-3-4-5/h3-9,17-19H,2,10-11H2,1H3;11H,4-8H2,1-3H3,(H2,13,14);3-4H,2,5H2,1H3/b;;4-3-. The van der Waals surface area contributed by atoms with E-state index in [1.54, 1.807) is 32.2 Å². The van der Waals surface area contributed by atoms with Gasteiger partial charge >= 0.3 is 0 Å². The van der Waals surface area contributed by atoms with Gasteiger partial charge in [-0.25, -0.2) is 0 Å². The molecule has 3 rings (SSSR count). The van der Waals surface area contributed by atoms with Crippen LogP contribution in [0.25, 0.3) is 0 Å². The summed E-state index contributed by atoms with van der Waals surface area (Å²) < 4.78 is 0. The summed E-state index contributed by atoms with van der Waals surface area (Å²) in [5, 5.41) is 21.9. The minimum absolute atomic E-state index is 0.0772. The molecule has 0 amide bonds. The van der Waals surface area contributed by atoms with E-state index in [-0.39, 0.29) is 17.3 Å². The maximum Gasteiger partial charge on any atom is 0.157 e. The maximum atomic E-state index is 11.6. The number of nitrogens with two attached hydrogens (primary N) is 2. The van der Waals surface area contributed by atoms with Crippen molar-refractivity contribution in [2.24, 2.45) is 22.4 Å². The second-order valence-corrected chi connectivity index (χ2v) is 10.4. The highest BCUT2D eigenvalue weighted by atomic mass is 16.3. The zero-order valence-electron chi connectivity index (χ0n) is 24.5. The Balaban J connectivity index is 0.000000340. The largest absolute Gasteiger partial charge is 0.504 e. The fourth-order valence-electron chi connectivity index (χ4n) is 4.49. The molecule has 7 nitrogen and oxygen atoms in total. The lowest BCUT2D eigenvalue weighted by molar-refractivity contribution is -0.121. The Labute approximate surface area is 235 Å². The molecule has 0 spiro atoms. The first kappa shape index (κ1) is 33.7. The number of hydrogen-bond acceptors (Lipinski definition) is 6. The molecule has 0 saturated heterocycles. The fourth-order valence-corrected chi connectivity index (χ4v) is 4.49. The summed E-state index contributed by atoms with van der Waals surface area (Å²) in [7, 11) is 0. The third-order valence-electron chi connectivity index (χ3n) is 6.84. The number of aromatic hydroxyl groups is 2. The number of carbonyl (C=O) groups is 1. The van der Waals surface area contributed by atoms with E-state index in [0.29, 0.717) is 18.3 Å². The van der Waals surface area contributed by atoms with Gasteiger partial charge in [-0.1, -0.05) is 75.9 Å². The predicted molar refractivity (Wildman–Crippen MR) is 163 cm³/mol. The lowest BCUT2D eigenvalue weighted by atomic mass is 9.85. The zero-order valence-corrected chi connectivity index (χ0v) is 24.5. The van der Waals surface area contributed by atoms with Gasteiger partial charge in [-0.2, -0.15) is 0 Å². The van der Waals surface area contributed by atoms with Gasteiger partial charge in [0.1, 0.15) is 5.54 Å². The number of hydrogen-bond donors (Lipinski definition) is 5. The Kier molecular flexibility index (Phi) is 15.6. The van der Waals surface area contributed by atoms with E-state index < -0.39 is 5.54 Å². The van der Waals surface area contributed by atoms with Crippen LogP contribution in [-0.2, 0) is 24.3 Å². The smallest absolute Gasteiger partial charge is 0.157 e. The van der Waals surface area contributed by atoms with Crippen LogP contribution in [0.15, 0.2) is 59.7 Å². The number of Topliss-reactive ketones (excluding diaryl/α,β-unsaturated/α-hetero) is 1. The summed E-state index contributed by atoms with van der Waals surface area (Å²) in [6.45, 7) is 10.9. The molecular formula is C32H50N4O3. The predicted octanol–water partition coefficient (Wildman–Crippen LogP) is 6.11. The van der Waals surface area contributed by atoms with Crippen molar-refractivity contribution in [2.45, 2.75) is 98.2 Å². The van der Waals surface area contributed by atoms with E-state index in [2.05, 4.69) is 41.5 Å². The van der Waals surface area contributed by atoms with E-state index in [4.69, 9.17) is 11.5 Å². The molecule has 2 aromatic carbocycles. The number of aryl methyl sites for hydroxylation is 1. The van der Waals surface area contributed by atoms with Crippen LogP contribution in [0.5, 0.6) is 11.5 Å². The number of ketones is 1. The third kappa shape index (κ3) is 13.3. The van der Waals surface area contributed by atoms with Crippen LogP contribution in [0.2, 0.25) is 0 Å². The molecule has 1 saturated carbocycles. The van der Waals surface area contributed by atoms with Gasteiger partial charge < -0.3 is 27.0 Å². The minimum Gasteiger partial charge on any atom is -0.504 e. The molecule has 2 aromatic rings. The van der Waals surface area contributed by atoms with Crippen LogP contribution in [0, 0.1) is 5.92 Å². The Hall–Kier alpha value is -3.32.